The summed E-state index contributed by atoms with van der Waals surface area (Å²) < 4.78 is 0. The molecule has 0 spiro atoms. The molecule has 0 heterocycles. The molecule has 1 N–H and O–H groups in total. The lowest BCUT2D eigenvalue weighted by atomic mass is 10.2. The van der Waals surface area contributed by atoms with Crippen LogP contribution in [0.4, 0.5) is 0 Å². The summed E-state index contributed by atoms with van der Waals surface area (Å²) in [5, 5.41) is 11.6. The highest BCUT2D eigenvalue weighted by Gasteiger charge is 1.91. The minimum absolute atomic E-state index is 0.119. The van der Waals surface area contributed by atoms with Gasteiger partial charge in [0, 0.05) is 0 Å². The second kappa shape index (κ2) is 2.96. The lowest BCUT2D eigenvalue weighted by Crippen LogP contribution is -1.77. The lowest BCUT2D eigenvalue weighted by Gasteiger charge is -1.93. The molecular formula is C7H7NO2. The van der Waals surface area contributed by atoms with E-state index in [1.165, 1.54) is 6.07 Å². The highest BCUT2D eigenvalue weighted by Crippen LogP contribution is 2.10. The molecule has 0 atom stereocenters. The van der Waals surface area contributed by atoms with Crippen molar-refractivity contribution in [3.63, 3.8) is 0 Å². The molecule has 10 heavy (non-hydrogen) atoms. The number of phenolic OH excluding ortho intramolecular Hbond substituents is 1. The number of nitrogens with zero attached hydrogens (tertiary/aromatic N) is 1. The zero-order valence-corrected chi connectivity index (χ0v) is 5.32. The molecule has 1 rings (SSSR count). The van der Waals surface area contributed by atoms with E-state index < -0.39 is 0 Å². The van der Waals surface area contributed by atoms with E-state index in [0.29, 0.717) is 0 Å². The fraction of sp³-hybridized carbons (Fsp3) is 0.143. The van der Waals surface area contributed by atoms with Gasteiger partial charge in [-0.25, -0.2) is 0 Å². The maximum absolute atomic E-state index is 9.75. The fourth-order valence-corrected chi connectivity index (χ4v) is 0.729. The van der Waals surface area contributed by atoms with Crippen molar-refractivity contribution in [3.05, 3.63) is 34.7 Å². The second-order valence-electron chi connectivity index (χ2n) is 1.96. The van der Waals surface area contributed by atoms with Gasteiger partial charge >= 0.3 is 0 Å². The standard InChI is InChI=1S/C7H7NO2/c9-7-3-1-2-6(4-7)5-8-10/h1-4,9H,5H2. The van der Waals surface area contributed by atoms with Gasteiger partial charge in [0.15, 0.2) is 0 Å². The lowest BCUT2D eigenvalue weighted by molar-refractivity contribution is 0.474. The van der Waals surface area contributed by atoms with Crippen molar-refractivity contribution in [2.75, 3.05) is 0 Å². The first-order chi connectivity index (χ1) is 4.83. The van der Waals surface area contributed by atoms with Gasteiger partial charge in [-0.3, -0.25) is 0 Å². The Morgan fingerprint density at radius 3 is 2.90 bits per heavy atom. The molecule has 0 unspecified atom stereocenters. The van der Waals surface area contributed by atoms with Gasteiger partial charge in [0.05, 0.1) is 0 Å². The summed E-state index contributed by atoms with van der Waals surface area (Å²) in [6, 6.07) is 6.48. The van der Waals surface area contributed by atoms with Crippen molar-refractivity contribution < 1.29 is 5.11 Å². The highest BCUT2D eigenvalue weighted by atomic mass is 16.3. The van der Waals surface area contributed by atoms with Gasteiger partial charge in [-0.2, -0.15) is 4.91 Å². The zero-order valence-electron chi connectivity index (χ0n) is 5.32. The summed E-state index contributed by atoms with van der Waals surface area (Å²) in [4.78, 5) is 9.75. The van der Waals surface area contributed by atoms with Gasteiger partial charge in [0.2, 0.25) is 0 Å². The number of hydrogen-bond donors (Lipinski definition) is 1. The summed E-state index contributed by atoms with van der Waals surface area (Å²) in [7, 11) is 0. The number of nitroso groups, excluding NO2 is 1. The molecule has 0 aromatic heterocycles. The Labute approximate surface area is 58.3 Å². The first-order valence-electron chi connectivity index (χ1n) is 2.90. The van der Waals surface area contributed by atoms with Crippen LogP contribution in [0.2, 0.25) is 0 Å². The molecule has 0 aliphatic carbocycles. The molecular weight excluding hydrogens is 130 g/mol. The van der Waals surface area contributed by atoms with Gasteiger partial charge in [0.1, 0.15) is 12.3 Å². The first-order valence-corrected chi connectivity index (χ1v) is 2.90. The number of aromatic hydroxyl groups is 1. The zero-order chi connectivity index (χ0) is 7.40. The van der Waals surface area contributed by atoms with Gasteiger partial charge in [0.25, 0.3) is 0 Å². The molecule has 3 nitrogen and oxygen atoms in total. The minimum Gasteiger partial charge on any atom is -0.508 e. The van der Waals surface area contributed by atoms with Crippen molar-refractivity contribution in [1.82, 2.24) is 0 Å². The molecule has 52 valence electrons. The van der Waals surface area contributed by atoms with E-state index in [-0.39, 0.29) is 12.3 Å². The Hall–Kier alpha value is -1.38. The predicted molar refractivity (Wildman–Crippen MR) is 37.6 cm³/mol. The quantitative estimate of drug-likeness (QED) is 0.630. The van der Waals surface area contributed by atoms with E-state index >= 15 is 0 Å². The molecule has 0 saturated heterocycles. The molecule has 1 aromatic carbocycles. The van der Waals surface area contributed by atoms with Crippen LogP contribution in [0.15, 0.2) is 29.4 Å². The smallest absolute Gasteiger partial charge is 0.115 e. The van der Waals surface area contributed by atoms with Crippen molar-refractivity contribution in [2.24, 2.45) is 5.18 Å². The molecule has 0 radical (unpaired) electrons. The topological polar surface area (TPSA) is 49.7 Å². The van der Waals surface area contributed by atoms with E-state index in [1.807, 2.05) is 0 Å². The van der Waals surface area contributed by atoms with Gasteiger partial charge in [-0.15, -0.1) is 0 Å². The summed E-state index contributed by atoms with van der Waals surface area (Å²) in [5.74, 6) is 0.168. The molecule has 0 saturated carbocycles. The van der Waals surface area contributed by atoms with E-state index in [0.717, 1.165) is 5.56 Å². The van der Waals surface area contributed by atoms with Crippen LogP contribution in [0.25, 0.3) is 0 Å². The molecule has 1 aromatic rings. The van der Waals surface area contributed by atoms with Crippen LogP contribution in [0.1, 0.15) is 5.56 Å². The normalized spacial score (nSPS) is 9.20. The second-order valence-corrected chi connectivity index (χ2v) is 1.96. The fourth-order valence-electron chi connectivity index (χ4n) is 0.729. The van der Waals surface area contributed by atoms with Crippen molar-refractivity contribution in [3.8, 4) is 5.75 Å². The van der Waals surface area contributed by atoms with Crippen molar-refractivity contribution in [2.45, 2.75) is 6.54 Å². The molecule has 0 aliphatic heterocycles. The molecule has 0 fully saturated rings. The average Bonchev–Trinajstić information content (AvgIpc) is 1.88. The Balaban J connectivity index is 2.84. The Morgan fingerprint density at radius 2 is 2.30 bits per heavy atom. The third-order valence-corrected chi connectivity index (χ3v) is 1.16. The number of phenols is 1. The van der Waals surface area contributed by atoms with Crippen LogP contribution >= 0.6 is 0 Å². The highest BCUT2D eigenvalue weighted by molar-refractivity contribution is 5.26. The van der Waals surface area contributed by atoms with Gasteiger partial charge in [-0.1, -0.05) is 17.3 Å². The van der Waals surface area contributed by atoms with E-state index in [1.54, 1.807) is 18.2 Å². The molecule has 0 amide bonds. The average molecular weight is 137 g/mol. The number of hydrogen-bond acceptors (Lipinski definition) is 3. The predicted octanol–water partition coefficient (Wildman–Crippen LogP) is 1.66. The van der Waals surface area contributed by atoms with E-state index in [2.05, 4.69) is 5.18 Å². The van der Waals surface area contributed by atoms with E-state index in [9.17, 15) is 4.91 Å². The van der Waals surface area contributed by atoms with Crippen LogP contribution in [0, 0.1) is 4.91 Å². The maximum atomic E-state index is 9.75. The van der Waals surface area contributed by atoms with Crippen molar-refractivity contribution >= 4 is 0 Å². The monoisotopic (exact) mass is 137 g/mol. The van der Waals surface area contributed by atoms with Crippen molar-refractivity contribution in [1.29, 1.82) is 0 Å². The van der Waals surface area contributed by atoms with Crippen LogP contribution < -0.4 is 0 Å². The largest absolute Gasteiger partial charge is 0.508 e. The third kappa shape index (κ3) is 1.55. The number of rotatable bonds is 2. The summed E-state index contributed by atoms with van der Waals surface area (Å²) >= 11 is 0. The summed E-state index contributed by atoms with van der Waals surface area (Å²) in [5.41, 5.74) is 0.731. The summed E-state index contributed by atoms with van der Waals surface area (Å²) in [6.45, 7) is 0.119. The molecule has 0 aliphatic rings. The Morgan fingerprint density at radius 1 is 1.50 bits per heavy atom. The minimum atomic E-state index is 0.119. The SMILES string of the molecule is O=NCc1cccc(O)c1. The van der Waals surface area contributed by atoms with Gasteiger partial charge in [-0.05, 0) is 17.7 Å². The van der Waals surface area contributed by atoms with Crippen LogP contribution in [-0.2, 0) is 6.54 Å². The molecule has 0 bridgehead atoms. The van der Waals surface area contributed by atoms with Gasteiger partial charge < -0.3 is 5.11 Å². The summed E-state index contributed by atoms with van der Waals surface area (Å²) in [6.07, 6.45) is 0. The molecule has 3 heteroatoms. The Kier molecular flexibility index (Phi) is 1.99. The number of benzene rings is 1. The Bertz CT molecular complexity index is 235. The maximum Gasteiger partial charge on any atom is 0.115 e. The van der Waals surface area contributed by atoms with E-state index in [4.69, 9.17) is 5.11 Å². The van der Waals surface area contributed by atoms with Crippen LogP contribution in [0.5, 0.6) is 5.75 Å². The van der Waals surface area contributed by atoms with Crippen LogP contribution in [-0.4, -0.2) is 5.11 Å². The van der Waals surface area contributed by atoms with Crippen LogP contribution in [0.3, 0.4) is 0 Å². The third-order valence-electron chi connectivity index (χ3n) is 1.16. The first kappa shape index (κ1) is 6.74.